The SMILES string of the molecule is CCCC1CN(CC(C)S(C)=O)CCCN1. The summed E-state index contributed by atoms with van der Waals surface area (Å²) < 4.78 is 11.4. The zero-order chi connectivity index (χ0) is 12.0. The molecule has 1 rings (SSSR count). The van der Waals surface area contributed by atoms with Crippen molar-refractivity contribution < 1.29 is 4.21 Å². The molecule has 3 atom stereocenters. The molecule has 1 saturated heterocycles. The van der Waals surface area contributed by atoms with Gasteiger partial charge in [0.1, 0.15) is 0 Å². The van der Waals surface area contributed by atoms with Gasteiger partial charge in [0.2, 0.25) is 0 Å². The van der Waals surface area contributed by atoms with Gasteiger partial charge < -0.3 is 10.2 Å². The Kier molecular flexibility index (Phi) is 6.54. The fourth-order valence-corrected chi connectivity index (χ4v) is 2.67. The molecule has 0 bridgehead atoms. The van der Waals surface area contributed by atoms with Gasteiger partial charge in [-0.05, 0) is 32.9 Å². The Bertz CT molecular complexity index is 223. The number of nitrogens with one attached hydrogen (secondary N) is 1. The standard InChI is InChI=1S/C12H26N2OS/c1-4-6-12-10-14(8-5-7-13-12)9-11(2)16(3)15/h11-13H,4-10H2,1-3H3. The molecule has 0 spiro atoms. The predicted octanol–water partition coefficient (Wildman–Crippen LogP) is 1.22. The van der Waals surface area contributed by atoms with Crippen LogP contribution in [-0.2, 0) is 10.8 Å². The Labute approximate surface area is 102 Å². The molecule has 1 aliphatic rings. The van der Waals surface area contributed by atoms with Gasteiger partial charge in [0, 0.05) is 41.4 Å². The first-order chi connectivity index (χ1) is 7.63. The third-order valence-corrected chi connectivity index (χ3v) is 4.56. The molecular weight excluding hydrogens is 220 g/mol. The molecule has 1 fully saturated rings. The summed E-state index contributed by atoms with van der Waals surface area (Å²) in [5, 5.41) is 3.89. The van der Waals surface area contributed by atoms with Crippen molar-refractivity contribution in [2.24, 2.45) is 0 Å². The number of rotatable bonds is 5. The Hall–Kier alpha value is 0.0700. The van der Waals surface area contributed by atoms with Gasteiger partial charge in [-0.25, -0.2) is 0 Å². The summed E-state index contributed by atoms with van der Waals surface area (Å²) in [5.74, 6) is 0. The first-order valence-electron chi connectivity index (χ1n) is 6.41. The van der Waals surface area contributed by atoms with Crippen LogP contribution in [-0.4, -0.2) is 52.8 Å². The Morgan fingerprint density at radius 3 is 2.94 bits per heavy atom. The van der Waals surface area contributed by atoms with Crippen LogP contribution in [0.2, 0.25) is 0 Å². The van der Waals surface area contributed by atoms with Crippen molar-refractivity contribution in [3.63, 3.8) is 0 Å². The lowest BCUT2D eigenvalue weighted by atomic mass is 10.1. The summed E-state index contributed by atoms with van der Waals surface area (Å²) in [5.41, 5.74) is 0. The molecule has 3 nitrogen and oxygen atoms in total. The van der Waals surface area contributed by atoms with Crippen molar-refractivity contribution in [2.75, 3.05) is 32.4 Å². The zero-order valence-electron chi connectivity index (χ0n) is 10.9. The molecule has 1 N–H and O–H groups in total. The molecule has 0 aromatic carbocycles. The minimum absolute atomic E-state index is 0.292. The minimum Gasteiger partial charge on any atom is -0.313 e. The quantitative estimate of drug-likeness (QED) is 0.791. The van der Waals surface area contributed by atoms with Crippen LogP contribution in [0.1, 0.15) is 33.1 Å². The lowest BCUT2D eigenvalue weighted by Crippen LogP contribution is -2.40. The van der Waals surface area contributed by atoms with Gasteiger partial charge in [-0.2, -0.15) is 0 Å². The lowest BCUT2D eigenvalue weighted by molar-refractivity contribution is 0.265. The van der Waals surface area contributed by atoms with Crippen LogP contribution in [0, 0.1) is 0 Å². The van der Waals surface area contributed by atoms with E-state index in [2.05, 4.69) is 24.1 Å². The molecule has 3 unspecified atom stereocenters. The lowest BCUT2D eigenvalue weighted by Gasteiger charge is -2.26. The highest BCUT2D eigenvalue weighted by Crippen LogP contribution is 2.07. The van der Waals surface area contributed by atoms with Crippen molar-refractivity contribution in [3.8, 4) is 0 Å². The molecule has 0 aliphatic carbocycles. The highest BCUT2D eigenvalue weighted by molar-refractivity contribution is 7.84. The number of hydrogen-bond donors (Lipinski definition) is 1. The van der Waals surface area contributed by atoms with Crippen LogP contribution < -0.4 is 5.32 Å². The average Bonchev–Trinajstić information content (AvgIpc) is 2.44. The van der Waals surface area contributed by atoms with E-state index in [-0.39, 0.29) is 0 Å². The fourth-order valence-electron chi connectivity index (χ4n) is 2.25. The maximum atomic E-state index is 11.4. The van der Waals surface area contributed by atoms with Crippen molar-refractivity contribution in [2.45, 2.75) is 44.4 Å². The smallest absolute Gasteiger partial charge is 0.0444 e. The molecule has 0 aromatic heterocycles. The maximum Gasteiger partial charge on any atom is 0.0444 e. The van der Waals surface area contributed by atoms with E-state index < -0.39 is 10.8 Å². The second-order valence-electron chi connectivity index (χ2n) is 4.86. The van der Waals surface area contributed by atoms with Gasteiger partial charge >= 0.3 is 0 Å². The van der Waals surface area contributed by atoms with E-state index in [1.54, 1.807) is 0 Å². The molecule has 4 heteroatoms. The van der Waals surface area contributed by atoms with Crippen molar-refractivity contribution >= 4 is 10.8 Å². The predicted molar refractivity (Wildman–Crippen MR) is 71.3 cm³/mol. The molecule has 1 heterocycles. The Morgan fingerprint density at radius 2 is 2.31 bits per heavy atom. The van der Waals surface area contributed by atoms with Gasteiger partial charge in [-0.1, -0.05) is 13.3 Å². The number of hydrogen-bond acceptors (Lipinski definition) is 3. The fraction of sp³-hybridized carbons (Fsp3) is 1.00. The second kappa shape index (κ2) is 7.41. The molecule has 0 aromatic rings. The third kappa shape index (κ3) is 4.93. The second-order valence-corrected chi connectivity index (χ2v) is 6.66. The van der Waals surface area contributed by atoms with Crippen molar-refractivity contribution in [3.05, 3.63) is 0 Å². The van der Waals surface area contributed by atoms with Gasteiger partial charge in [0.15, 0.2) is 0 Å². The van der Waals surface area contributed by atoms with E-state index in [0.29, 0.717) is 11.3 Å². The molecule has 96 valence electrons. The van der Waals surface area contributed by atoms with Crippen LogP contribution in [0.15, 0.2) is 0 Å². The average molecular weight is 246 g/mol. The van der Waals surface area contributed by atoms with Gasteiger partial charge in [-0.15, -0.1) is 0 Å². The highest BCUT2D eigenvalue weighted by Gasteiger charge is 2.19. The number of nitrogens with zero attached hydrogens (tertiary/aromatic N) is 1. The molecule has 16 heavy (non-hydrogen) atoms. The molecule has 0 saturated carbocycles. The summed E-state index contributed by atoms with van der Waals surface area (Å²) in [7, 11) is -0.695. The van der Waals surface area contributed by atoms with Gasteiger partial charge in [0.25, 0.3) is 0 Å². The Morgan fingerprint density at radius 1 is 1.56 bits per heavy atom. The summed E-state index contributed by atoms with van der Waals surface area (Å²) in [6, 6.07) is 0.630. The van der Waals surface area contributed by atoms with Crippen LogP contribution in [0.3, 0.4) is 0 Å². The van der Waals surface area contributed by atoms with Crippen LogP contribution in [0.25, 0.3) is 0 Å². The van der Waals surface area contributed by atoms with E-state index in [1.807, 2.05) is 6.26 Å². The summed E-state index contributed by atoms with van der Waals surface area (Å²) in [4.78, 5) is 2.48. The van der Waals surface area contributed by atoms with Crippen LogP contribution in [0.5, 0.6) is 0 Å². The van der Waals surface area contributed by atoms with E-state index in [9.17, 15) is 4.21 Å². The first-order valence-corrected chi connectivity index (χ1v) is 8.03. The van der Waals surface area contributed by atoms with E-state index in [0.717, 1.165) is 26.2 Å². The summed E-state index contributed by atoms with van der Waals surface area (Å²) in [6.07, 6.45) is 5.51. The topological polar surface area (TPSA) is 32.3 Å². The first kappa shape index (κ1) is 14.1. The van der Waals surface area contributed by atoms with E-state index >= 15 is 0 Å². The minimum atomic E-state index is -0.695. The molecular formula is C12H26N2OS. The van der Waals surface area contributed by atoms with Crippen LogP contribution in [0.4, 0.5) is 0 Å². The summed E-state index contributed by atoms with van der Waals surface area (Å²) in [6.45, 7) is 8.70. The zero-order valence-corrected chi connectivity index (χ0v) is 11.7. The van der Waals surface area contributed by atoms with E-state index in [1.165, 1.54) is 19.3 Å². The molecule has 0 radical (unpaired) electrons. The van der Waals surface area contributed by atoms with Gasteiger partial charge in [-0.3, -0.25) is 4.21 Å². The monoisotopic (exact) mass is 246 g/mol. The maximum absolute atomic E-state index is 11.4. The highest BCUT2D eigenvalue weighted by atomic mass is 32.2. The third-order valence-electron chi connectivity index (χ3n) is 3.28. The molecule has 1 aliphatic heterocycles. The Balaban J connectivity index is 2.42. The summed E-state index contributed by atoms with van der Waals surface area (Å²) >= 11 is 0. The van der Waals surface area contributed by atoms with E-state index in [4.69, 9.17) is 0 Å². The van der Waals surface area contributed by atoms with Crippen molar-refractivity contribution in [1.82, 2.24) is 10.2 Å². The van der Waals surface area contributed by atoms with Crippen LogP contribution >= 0.6 is 0 Å². The van der Waals surface area contributed by atoms with Gasteiger partial charge in [0.05, 0.1) is 0 Å². The largest absolute Gasteiger partial charge is 0.313 e. The normalized spacial score (nSPS) is 27.3. The molecule has 0 amide bonds. The van der Waals surface area contributed by atoms with Crippen molar-refractivity contribution in [1.29, 1.82) is 0 Å².